The molecular formula is C10H16N6. The van der Waals surface area contributed by atoms with Crippen LogP contribution < -0.4 is 17.2 Å². The number of nitrogen functional groups attached to an aromatic ring is 2. The highest BCUT2D eigenvalue weighted by Gasteiger charge is 2.03. The molecule has 0 amide bonds. The van der Waals surface area contributed by atoms with Crippen LogP contribution in [0.5, 0.6) is 0 Å². The predicted octanol–water partition coefficient (Wildman–Crippen LogP) is 0.751. The van der Waals surface area contributed by atoms with Gasteiger partial charge in [0, 0.05) is 12.8 Å². The Labute approximate surface area is 94.1 Å². The molecule has 1 aromatic heterocycles. The highest BCUT2D eigenvalue weighted by molar-refractivity contribution is 5.96. The van der Waals surface area contributed by atoms with E-state index in [1.165, 1.54) is 0 Å². The van der Waals surface area contributed by atoms with Crippen LogP contribution in [0.2, 0.25) is 0 Å². The first-order valence-corrected chi connectivity index (χ1v) is 4.96. The fraction of sp³-hybridized carbons (Fsp3) is 0.300. The summed E-state index contributed by atoms with van der Waals surface area (Å²) in [5, 5.41) is 7.05. The minimum atomic E-state index is 0.425. The lowest BCUT2D eigenvalue weighted by Crippen LogP contribution is -2.17. The van der Waals surface area contributed by atoms with Crippen LogP contribution in [0.25, 0.3) is 0 Å². The van der Waals surface area contributed by atoms with E-state index in [0.29, 0.717) is 23.3 Å². The van der Waals surface area contributed by atoms with Gasteiger partial charge in [-0.2, -0.15) is 0 Å². The molecule has 2 heterocycles. The van der Waals surface area contributed by atoms with Crippen LogP contribution in [-0.4, -0.2) is 16.7 Å². The van der Waals surface area contributed by atoms with E-state index in [9.17, 15) is 0 Å². The molecule has 0 bridgehead atoms. The average molecular weight is 220 g/mol. The quantitative estimate of drug-likeness (QED) is 0.514. The standard InChI is InChI=1S/C5H9N3.C5H7N3/c2*6-4-2-1-3-5(7)8-4/h1-3H2,(H3,6,7,8);1-3H,(H4,6,7,8). The lowest BCUT2D eigenvalue weighted by molar-refractivity contribution is 0.879. The van der Waals surface area contributed by atoms with Gasteiger partial charge in [0.05, 0.1) is 0 Å². The van der Waals surface area contributed by atoms with E-state index in [1.807, 2.05) is 0 Å². The second-order valence-corrected chi connectivity index (χ2v) is 3.39. The van der Waals surface area contributed by atoms with Crippen molar-refractivity contribution in [2.45, 2.75) is 19.3 Å². The Morgan fingerprint density at radius 1 is 1.06 bits per heavy atom. The maximum absolute atomic E-state index is 7.05. The molecule has 7 N–H and O–H groups in total. The summed E-state index contributed by atoms with van der Waals surface area (Å²) in [6, 6.07) is 5.14. The number of hydrogen-bond donors (Lipinski definition) is 4. The first-order chi connectivity index (χ1) is 7.58. The second kappa shape index (κ2) is 5.69. The van der Waals surface area contributed by atoms with Crippen molar-refractivity contribution in [2.24, 2.45) is 10.7 Å². The number of aliphatic imine (C=N–C) groups is 1. The second-order valence-electron chi connectivity index (χ2n) is 3.39. The topological polar surface area (TPSA) is 127 Å². The summed E-state index contributed by atoms with van der Waals surface area (Å²) in [5.41, 5.74) is 15.9. The van der Waals surface area contributed by atoms with Crippen LogP contribution in [0.4, 0.5) is 11.6 Å². The molecule has 0 spiro atoms. The molecule has 0 saturated heterocycles. The van der Waals surface area contributed by atoms with Crippen LogP contribution in [0.1, 0.15) is 19.3 Å². The molecule has 0 atom stereocenters. The molecule has 0 aromatic carbocycles. The summed E-state index contributed by atoms with van der Waals surface area (Å²) in [6.07, 6.45) is 2.65. The third kappa shape index (κ3) is 4.41. The first-order valence-electron chi connectivity index (χ1n) is 4.96. The van der Waals surface area contributed by atoms with Gasteiger partial charge in [-0.25, -0.2) is 9.98 Å². The van der Waals surface area contributed by atoms with Crippen molar-refractivity contribution in [1.29, 1.82) is 5.41 Å². The van der Waals surface area contributed by atoms with Gasteiger partial charge in [-0.05, 0) is 18.6 Å². The third-order valence-electron chi connectivity index (χ3n) is 1.92. The molecule has 0 radical (unpaired) electrons. The zero-order valence-electron chi connectivity index (χ0n) is 8.98. The zero-order chi connectivity index (χ0) is 12.0. The van der Waals surface area contributed by atoms with Crippen LogP contribution >= 0.6 is 0 Å². The number of anilines is 2. The molecule has 2 rings (SSSR count). The maximum Gasteiger partial charge on any atom is 0.125 e. The number of hydrogen-bond acceptors (Lipinski definition) is 5. The first kappa shape index (κ1) is 12.0. The number of nitrogens with one attached hydrogen (secondary N) is 1. The highest BCUT2D eigenvalue weighted by Crippen LogP contribution is 2.03. The summed E-state index contributed by atoms with van der Waals surface area (Å²) >= 11 is 0. The fourth-order valence-corrected chi connectivity index (χ4v) is 1.19. The van der Waals surface area contributed by atoms with Crippen molar-refractivity contribution in [1.82, 2.24) is 4.98 Å². The molecule has 0 aliphatic carbocycles. The zero-order valence-corrected chi connectivity index (χ0v) is 8.98. The number of rotatable bonds is 0. The minimum absolute atomic E-state index is 0.425. The van der Waals surface area contributed by atoms with Crippen molar-refractivity contribution >= 4 is 23.3 Å². The normalized spacial score (nSPS) is 14.8. The summed E-state index contributed by atoms with van der Waals surface area (Å²) in [6.45, 7) is 0. The van der Waals surface area contributed by atoms with Crippen LogP contribution in [-0.2, 0) is 0 Å². The Morgan fingerprint density at radius 3 is 2.00 bits per heavy atom. The molecule has 6 nitrogen and oxygen atoms in total. The summed E-state index contributed by atoms with van der Waals surface area (Å²) in [5.74, 6) is 1.96. The van der Waals surface area contributed by atoms with Gasteiger partial charge in [-0.1, -0.05) is 6.07 Å². The van der Waals surface area contributed by atoms with Crippen molar-refractivity contribution in [3.05, 3.63) is 18.2 Å². The number of nitrogens with zero attached hydrogens (tertiary/aromatic N) is 2. The molecular weight excluding hydrogens is 204 g/mol. The molecule has 16 heavy (non-hydrogen) atoms. The summed E-state index contributed by atoms with van der Waals surface area (Å²) in [4.78, 5) is 7.49. The Morgan fingerprint density at radius 2 is 1.69 bits per heavy atom. The maximum atomic E-state index is 7.05. The minimum Gasteiger partial charge on any atom is -0.387 e. The smallest absolute Gasteiger partial charge is 0.125 e. The molecule has 6 heteroatoms. The van der Waals surface area contributed by atoms with Gasteiger partial charge in [0.2, 0.25) is 0 Å². The molecule has 0 fully saturated rings. The highest BCUT2D eigenvalue weighted by atomic mass is 14.9. The summed E-state index contributed by atoms with van der Waals surface area (Å²) in [7, 11) is 0. The van der Waals surface area contributed by atoms with Crippen molar-refractivity contribution in [3.63, 3.8) is 0 Å². The molecule has 0 saturated carbocycles. The number of nitrogens with two attached hydrogens (primary N) is 3. The Hall–Kier alpha value is -2.11. The van der Waals surface area contributed by atoms with Gasteiger partial charge < -0.3 is 17.2 Å². The molecule has 1 aliphatic heterocycles. The van der Waals surface area contributed by atoms with Gasteiger partial charge in [-0.15, -0.1) is 0 Å². The number of pyridine rings is 1. The lowest BCUT2D eigenvalue weighted by atomic mass is 10.2. The Balaban J connectivity index is 0.000000160. The Kier molecular flexibility index (Phi) is 4.26. The van der Waals surface area contributed by atoms with Gasteiger partial charge in [-0.3, -0.25) is 5.41 Å². The molecule has 1 aromatic rings. The van der Waals surface area contributed by atoms with Crippen molar-refractivity contribution < 1.29 is 0 Å². The van der Waals surface area contributed by atoms with Gasteiger partial charge in [0.1, 0.15) is 23.3 Å². The van der Waals surface area contributed by atoms with E-state index in [-0.39, 0.29) is 0 Å². The Bertz CT molecular complexity index is 381. The number of amidine groups is 2. The van der Waals surface area contributed by atoms with Crippen molar-refractivity contribution in [2.75, 3.05) is 11.5 Å². The largest absolute Gasteiger partial charge is 0.387 e. The van der Waals surface area contributed by atoms with Crippen LogP contribution in [0.3, 0.4) is 0 Å². The third-order valence-corrected chi connectivity index (χ3v) is 1.92. The lowest BCUT2D eigenvalue weighted by Gasteiger charge is -2.06. The van der Waals surface area contributed by atoms with Gasteiger partial charge in [0.25, 0.3) is 0 Å². The van der Waals surface area contributed by atoms with E-state index in [2.05, 4.69) is 9.98 Å². The molecule has 1 aliphatic rings. The molecule has 86 valence electrons. The fourth-order valence-electron chi connectivity index (χ4n) is 1.19. The van der Waals surface area contributed by atoms with E-state index >= 15 is 0 Å². The average Bonchev–Trinajstić information content (AvgIpc) is 2.17. The van der Waals surface area contributed by atoms with E-state index in [0.717, 1.165) is 19.3 Å². The van der Waals surface area contributed by atoms with E-state index in [4.69, 9.17) is 22.6 Å². The monoisotopic (exact) mass is 220 g/mol. The van der Waals surface area contributed by atoms with Crippen LogP contribution in [0.15, 0.2) is 23.2 Å². The number of aromatic nitrogens is 1. The van der Waals surface area contributed by atoms with E-state index in [1.54, 1.807) is 18.2 Å². The van der Waals surface area contributed by atoms with E-state index < -0.39 is 0 Å². The molecule has 0 unspecified atom stereocenters. The van der Waals surface area contributed by atoms with Gasteiger partial charge >= 0.3 is 0 Å². The van der Waals surface area contributed by atoms with Crippen molar-refractivity contribution in [3.8, 4) is 0 Å². The summed E-state index contributed by atoms with van der Waals surface area (Å²) < 4.78 is 0. The van der Waals surface area contributed by atoms with Crippen LogP contribution in [0, 0.1) is 5.41 Å². The van der Waals surface area contributed by atoms with Gasteiger partial charge in [0.15, 0.2) is 0 Å². The predicted molar refractivity (Wildman–Crippen MR) is 66.3 cm³/mol. The SMILES string of the molecule is N=C1CCCC(N)=N1.Nc1cccc(N)n1.